The Kier molecular flexibility index (Phi) is 9.00. The van der Waals surface area contributed by atoms with Gasteiger partial charge in [-0.1, -0.05) is 6.07 Å². The number of carbonyl (C=O) groups is 1. The van der Waals surface area contributed by atoms with Gasteiger partial charge in [0.15, 0.2) is 0 Å². The number of benzene rings is 1. The van der Waals surface area contributed by atoms with E-state index in [0.717, 1.165) is 41.0 Å². The number of aromatic nitrogens is 3. The van der Waals surface area contributed by atoms with E-state index in [1.165, 1.54) is 0 Å². The molecule has 0 saturated heterocycles. The first-order chi connectivity index (χ1) is 17.0. The topological polar surface area (TPSA) is 98.0 Å². The zero-order valence-corrected chi connectivity index (χ0v) is 21.6. The van der Waals surface area contributed by atoms with Crippen molar-refractivity contribution >= 4 is 39.8 Å². The molecule has 1 amide bonds. The molecule has 2 aromatic heterocycles. The minimum atomic E-state index is -1.02. The number of halogens is 2. The fourth-order valence-electron chi connectivity index (χ4n) is 4.12. The summed E-state index contributed by atoms with van der Waals surface area (Å²) >= 11 is 6.13. The number of hydrogen-bond acceptors (Lipinski definition) is 7. The molecule has 0 spiro atoms. The monoisotopic (exact) mass is 611 g/mol. The molecule has 182 valence electrons. The summed E-state index contributed by atoms with van der Waals surface area (Å²) in [6.07, 6.45) is 5.89. The predicted octanol–water partition coefficient (Wildman–Crippen LogP) is 3.63. The van der Waals surface area contributed by atoms with E-state index in [1.54, 1.807) is 12.5 Å². The standard InChI is InChI=1S/C24H23ClFN7OXe/c1-16(26)24(34)29-6-8-32(9-10-35-14-27)23-18-5-7-33(13-20(18)30-15-31-23)21-12-28-11-17-3-2-4-19(25)22(17)21/h2-4,11-12,15H,1,5-10,13H2,(H,29,34). The Morgan fingerprint density at radius 2 is 2.20 bits per heavy atom. The molecule has 1 aliphatic rings. The van der Waals surface area contributed by atoms with Gasteiger partial charge in [0.1, 0.15) is 0 Å². The third-order valence-corrected chi connectivity index (χ3v) is 7.33. The SMILES string of the molecule is C=C(F)C(=O)NCCN(CC[Xe]C#N)c1ncnc2c1CCN(c1cncc3cccc(Cl)c13)C2. The molecule has 1 aliphatic heterocycles. The van der Waals surface area contributed by atoms with Gasteiger partial charge in [0, 0.05) is 0 Å². The van der Waals surface area contributed by atoms with Crippen LogP contribution in [-0.2, 0) is 17.8 Å². The predicted molar refractivity (Wildman–Crippen MR) is 129 cm³/mol. The third kappa shape index (κ3) is 6.14. The first-order valence-electron chi connectivity index (χ1n) is 10.9. The summed E-state index contributed by atoms with van der Waals surface area (Å²) in [7, 11) is 0. The van der Waals surface area contributed by atoms with Gasteiger partial charge < -0.3 is 0 Å². The van der Waals surface area contributed by atoms with Gasteiger partial charge >= 0.3 is 229 Å². The average Bonchev–Trinajstić information content (AvgIpc) is 2.87. The van der Waals surface area contributed by atoms with Gasteiger partial charge in [-0.15, -0.1) is 0 Å². The van der Waals surface area contributed by atoms with E-state index in [-0.39, 0.29) is 6.54 Å². The van der Waals surface area contributed by atoms with Gasteiger partial charge in [-0.05, 0) is 0 Å². The van der Waals surface area contributed by atoms with Crippen molar-refractivity contribution < 1.29 is 53.4 Å². The summed E-state index contributed by atoms with van der Waals surface area (Å²) in [5.41, 5.74) is 2.91. The molecule has 4 rings (SSSR count). The van der Waals surface area contributed by atoms with Crippen LogP contribution < -0.4 is 15.1 Å². The Labute approximate surface area is 232 Å². The van der Waals surface area contributed by atoms with E-state index in [4.69, 9.17) is 16.9 Å². The van der Waals surface area contributed by atoms with Crippen molar-refractivity contribution in [2.45, 2.75) is 13.9 Å². The third-order valence-electron chi connectivity index (χ3n) is 5.74. The van der Waals surface area contributed by atoms with Crippen molar-refractivity contribution in [3.63, 3.8) is 0 Å². The molecule has 35 heavy (non-hydrogen) atoms. The number of nitrogens with zero attached hydrogens (tertiary/aromatic N) is 6. The maximum absolute atomic E-state index is 13.0. The number of nitriles is 1. The van der Waals surface area contributed by atoms with Crippen LogP contribution in [0.15, 0.2) is 49.3 Å². The molecule has 1 N–H and O–H groups in total. The summed E-state index contributed by atoms with van der Waals surface area (Å²) in [6, 6.07) is 5.79. The van der Waals surface area contributed by atoms with Gasteiger partial charge in [-0.2, -0.15) is 0 Å². The summed E-state index contributed by atoms with van der Waals surface area (Å²) in [5.74, 6) is -1.06. The molecule has 11 heteroatoms. The molecule has 8 nitrogen and oxygen atoms in total. The van der Waals surface area contributed by atoms with E-state index < -0.39 is 55.9 Å². The summed E-state index contributed by atoms with van der Waals surface area (Å²) in [6.45, 7) is 5.61. The van der Waals surface area contributed by atoms with E-state index in [2.05, 4.69) is 32.3 Å². The first-order valence-corrected chi connectivity index (χ1v) is 13.7. The van der Waals surface area contributed by atoms with Crippen molar-refractivity contribution in [3.8, 4) is 0.537 Å². The second kappa shape index (κ2) is 12.2. The Morgan fingerprint density at radius 1 is 1.34 bits per heavy atom. The minimum absolute atomic E-state index is 0.232. The second-order valence-corrected chi connectivity index (χ2v) is 10.4. The zero-order chi connectivity index (χ0) is 24.8. The fourth-order valence-corrected chi connectivity index (χ4v) is 5.40. The van der Waals surface area contributed by atoms with E-state index in [9.17, 15) is 9.18 Å². The first kappa shape index (κ1) is 25.9. The van der Waals surface area contributed by atoms with Crippen LogP contribution in [0.25, 0.3) is 10.8 Å². The number of nitrogens with one attached hydrogen (secondary N) is 1. The molecule has 0 saturated carbocycles. The van der Waals surface area contributed by atoms with Crippen LogP contribution in [0.1, 0.15) is 11.3 Å². The van der Waals surface area contributed by atoms with E-state index in [0.29, 0.717) is 31.1 Å². The average molecular weight is 611 g/mol. The number of pyridine rings is 1. The summed E-state index contributed by atoms with van der Waals surface area (Å²) in [4.78, 5) is 29.3. The Bertz CT molecular complexity index is 1290. The van der Waals surface area contributed by atoms with Crippen LogP contribution >= 0.6 is 11.6 Å². The van der Waals surface area contributed by atoms with Crippen molar-refractivity contribution in [1.82, 2.24) is 20.3 Å². The fraction of sp³-hybridized carbons (Fsp3) is 0.292. The van der Waals surface area contributed by atoms with Gasteiger partial charge in [-0.3, -0.25) is 0 Å². The summed E-state index contributed by atoms with van der Waals surface area (Å²) in [5, 5.41) is 14.1. The van der Waals surface area contributed by atoms with Crippen molar-refractivity contribution in [2.75, 3.05) is 36.0 Å². The Balaban J connectivity index is 1.58. The molecule has 3 aromatic rings. The maximum atomic E-state index is 13.0. The number of rotatable bonds is 9. The molecular formula is C24H23ClFN7OXe. The van der Waals surface area contributed by atoms with Crippen LogP contribution in [0.2, 0.25) is 5.91 Å². The van der Waals surface area contributed by atoms with Crippen LogP contribution in [0.4, 0.5) is 15.9 Å². The zero-order valence-electron chi connectivity index (χ0n) is 18.8. The number of amides is 1. The van der Waals surface area contributed by atoms with Gasteiger partial charge in [-0.25, -0.2) is 0 Å². The van der Waals surface area contributed by atoms with Crippen LogP contribution in [0.3, 0.4) is 0 Å². The summed E-state index contributed by atoms with van der Waals surface area (Å²) < 4.78 is 16.0. The van der Waals surface area contributed by atoms with Gasteiger partial charge in [0.05, 0.1) is 0 Å². The molecule has 0 radical (unpaired) electrons. The molecule has 0 unspecified atom stereocenters. The van der Waals surface area contributed by atoms with Crippen LogP contribution in [-0.4, -0.2) is 47.0 Å². The van der Waals surface area contributed by atoms with E-state index in [1.807, 2.05) is 29.3 Å². The normalized spacial score (nSPS) is 12.8. The van der Waals surface area contributed by atoms with E-state index >= 15 is 0 Å². The van der Waals surface area contributed by atoms with Crippen LogP contribution in [0.5, 0.6) is 0 Å². The van der Waals surface area contributed by atoms with Crippen molar-refractivity contribution in [1.29, 1.82) is 5.26 Å². The Hall–Kier alpha value is -2.20. The molecule has 1 aromatic carbocycles. The van der Waals surface area contributed by atoms with Crippen molar-refractivity contribution in [2.24, 2.45) is 0 Å². The molecular weight excluding hydrogens is 588 g/mol. The van der Waals surface area contributed by atoms with Crippen LogP contribution in [0, 0.1) is 50.0 Å². The molecule has 3 heterocycles. The quantitative estimate of drug-likeness (QED) is 0.292. The van der Waals surface area contributed by atoms with Gasteiger partial charge in [0.25, 0.3) is 0 Å². The molecule has 0 aliphatic carbocycles. The Morgan fingerprint density at radius 3 is 3.00 bits per heavy atom. The molecule has 0 bridgehead atoms. The van der Waals surface area contributed by atoms with Gasteiger partial charge in [0.2, 0.25) is 0 Å². The van der Waals surface area contributed by atoms with Crippen molar-refractivity contribution in [3.05, 3.63) is 65.6 Å². The number of hydrogen-bond donors (Lipinski definition) is 1. The molecule has 0 atom stereocenters. The second-order valence-electron chi connectivity index (χ2n) is 7.82. The number of anilines is 2. The number of fused-ring (bicyclic) bond motifs is 2. The number of carbonyl (C=O) groups excluding carboxylic acids is 1. The molecule has 0 fully saturated rings.